The van der Waals surface area contributed by atoms with Gasteiger partial charge in [-0.3, -0.25) is 9.59 Å². The van der Waals surface area contributed by atoms with Crippen LogP contribution in [-0.4, -0.2) is 23.0 Å². The minimum absolute atomic E-state index is 0.0243. The van der Waals surface area contributed by atoms with Crippen LogP contribution < -0.4 is 4.90 Å². The van der Waals surface area contributed by atoms with Crippen molar-refractivity contribution in [3.8, 4) is 0 Å². The van der Waals surface area contributed by atoms with Crippen LogP contribution in [0.5, 0.6) is 0 Å². The monoisotopic (exact) mass is 495 g/mol. The number of anilines is 1. The maximum absolute atomic E-state index is 14.2. The van der Waals surface area contributed by atoms with Gasteiger partial charge in [0, 0.05) is 27.0 Å². The minimum atomic E-state index is -0.516. The van der Waals surface area contributed by atoms with Crippen LogP contribution >= 0.6 is 23.4 Å². The van der Waals surface area contributed by atoms with E-state index in [1.807, 2.05) is 97.1 Å². The molecule has 2 aliphatic rings. The highest BCUT2D eigenvalue weighted by Crippen LogP contribution is 2.58. The standard InChI is InChI=1S/C30H22ClNO2S/c31-22-17-15-19(16-18-22)25-26(28(33)20-9-3-1-4-10-20)30-32(23-13-7-8-14-24(23)35-30)27(25)29(34)21-11-5-2-6-12-21/h1-18,25-27,30H/t25-,26+,27-,30+/m1/s1. The molecule has 0 spiro atoms. The molecule has 0 bridgehead atoms. The van der Waals surface area contributed by atoms with Gasteiger partial charge in [0.2, 0.25) is 0 Å². The van der Waals surface area contributed by atoms with Crippen LogP contribution in [0, 0.1) is 5.92 Å². The Morgan fingerprint density at radius 1 is 0.686 bits per heavy atom. The van der Waals surface area contributed by atoms with Crippen molar-refractivity contribution >= 4 is 40.6 Å². The van der Waals surface area contributed by atoms with Gasteiger partial charge in [-0.05, 0) is 29.8 Å². The highest BCUT2D eigenvalue weighted by molar-refractivity contribution is 8.00. The van der Waals surface area contributed by atoms with Crippen molar-refractivity contribution in [2.24, 2.45) is 5.92 Å². The van der Waals surface area contributed by atoms with Gasteiger partial charge in [-0.1, -0.05) is 108 Å². The van der Waals surface area contributed by atoms with Gasteiger partial charge in [-0.15, -0.1) is 0 Å². The molecule has 3 nitrogen and oxygen atoms in total. The SMILES string of the molecule is O=C(c1ccccc1)[C@@H]1[C@@H](c2ccc(Cl)cc2)[C@H](C(=O)c2ccccc2)N2c3ccccc3S[C@@H]12. The summed E-state index contributed by atoms with van der Waals surface area (Å²) in [4.78, 5) is 31.6. The smallest absolute Gasteiger partial charge is 0.185 e. The fourth-order valence-corrected chi connectivity index (χ4v) is 7.06. The van der Waals surface area contributed by atoms with Crippen molar-refractivity contribution in [1.29, 1.82) is 0 Å². The first-order valence-corrected chi connectivity index (χ1v) is 12.9. The molecule has 0 aromatic heterocycles. The number of hydrogen-bond acceptors (Lipinski definition) is 4. The lowest BCUT2D eigenvalue weighted by atomic mass is 9.78. The number of para-hydroxylation sites is 1. The summed E-state index contributed by atoms with van der Waals surface area (Å²) < 4.78 is 0. The zero-order chi connectivity index (χ0) is 23.9. The molecule has 1 saturated heterocycles. The lowest BCUT2D eigenvalue weighted by Gasteiger charge is -2.28. The largest absolute Gasteiger partial charge is 0.346 e. The third-order valence-corrected chi connectivity index (χ3v) is 8.56. The Bertz CT molecular complexity index is 1390. The van der Waals surface area contributed by atoms with Gasteiger partial charge in [0.1, 0.15) is 6.04 Å². The fourth-order valence-electron chi connectivity index (χ4n) is 5.42. The Morgan fingerprint density at radius 3 is 1.91 bits per heavy atom. The third-order valence-electron chi connectivity index (χ3n) is 6.94. The molecule has 0 aliphatic carbocycles. The van der Waals surface area contributed by atoms with E-state index in [4.69, 9.17) is 11.6 Å². The number of fused-ring (bicyclic) bond motifs is 3. The zero-order valence-electron chi connectivity index (χ0n) is 18.8. The van der Waals surface area contributed by atoms with E-state index in [-0.39, 0.29) is 22.9 Å². The second-order valence-electron chi connectivity index (χ2n) is 8.89. The first-order chi connectivity index (χ1) is 17.1. The van der Waals surface area contributed by atoms with E-state index in [1.54, 1.807) is 11.8 Å². The molecule has 35 heavy (non-hydrogen) atoms. The van der Waals surface area contributed by atoms with Crippen LogP contribution in [0.25, 0.3) is 0 Å². The second kappa shape index (κ2) is 9.03. The predicted octanol–water partition coefficient (Wildman–Crippen LogP) is 7.13. The van der Waals surface area contributed by atoms with Crippen LogP contribution in [-0.2, 0) is 0 Å². The summed E-state index contributed by atoms with van der Waals surface area (Å²) in [5.41, 5.74) is 3.28. The Labute approximate surface area is 213 Å². The van der Waals surface area contributed by atoms with E-state index < -0.39 is 12.0 Å². The number of benzene rings is 4. The number of hydrogen-bond donors (Lipinski definition) is 0. The van der Waals surface area contributed by atoms with Crippen molar-refractivity contribution in [3.05, 3.63) is 131 Å². The van der Waals surface area contributed by atoms with E-state index in [2.05, 4.69) is 17.0 Å². The number of nitrogens with zero attached hydrogens (tertiary/aromatic N) is 1. The number of carbonyl (C=O) groups is 2. The van der Waals surface area contributed by atoms with Gasteiger partial charge in [0.25, 0.3) is 0 Å². The van der Waals surface area contributed by atoms with Gasteiger partial charge in [-0.25, -0.2) is 0 Å². The van der Waals surface area contributed by atoms with Gasteiger partial charge >= 0.3 is 0 Å². The van der Waals surface area contributed by atoms with Gasteiger partial charge in [-0.2, -0.15) is 0 Å². The Kier molecular flexibility index (Phi) is 5.71. The molecule has 2 heterocycles. The van der Waals surface area contributed by atoms with Crippen LogP contribution in [0.2, 0.25) is 5.02 Å². The number of Topliss-reactive ketones (excluding diaryl/α,β-unsaturated/α-hetero) is 2. The minimum Gasteiger partial charge on any atom is -0.346 e. The van der Waals surface area contributed by atoms with Crippen LogP contribution in [0.15, 0.2) is 114 Å². The maximum atomic E-state index is 14.2. The first kappa shape index (κ1) is 22.1. The van der Waals surface area contributed by atoms with Crippen molar-refractivity contribution in [3.63, 3.8) is 0 Å². The summed E-state index contributed by atoms with van der Waals surface area (Å²) in [6.45, 7) is 0. The first-order valence-electron chi connectivity index (χ1n) is 11.6. The highest BCUT2D eigenvalue weighted by atomic mass is 35.5. The Balaban J connectivity index is 1.55. The molecule has 172 valence electrons. The Hall–Kier alpha value is -3.34. The number of halogens is 1. The molecule has 0 radical (unpaired) electrons. The zero-order valence-corrected chi connectivity index (χ0v) is 20.3. The van der Waals surface area contributed by atoms with Crippen molar-refractivity contribution in [1.82, 2.24) is 0 Å². The van der Waals surface area contributed by atoms with Gasteiger partial charge in [0.15, 0.2) is 11.6 Å². The van der Waals surface area contributed by atoms with Gasteiger partial charge < -0.3 is 4.90 Å². The molecule has 2 aliphatic heterocycles. The van der Waals surface area contributed by atoms with Crippen molar-refractivity contribution in [2.75, 3.05) is 4.90 Å². The molecule has 4 aromatic carbocycles. The van der Waals surface area contributed by atoms with E-state index in [0.717, 1.165) is 16.1 Å². The molecule has 4 atom stereocenters. The average molecular weight is 496 g/mol. The van der Waals surface area contributed by atoms with E-state index in [1.165, 1.54) is 0 Å². The van der Waals surface area contributed by atoms with Crippen molar-refractivity contribution in [2.45, 2.75) is 22.2 Å². The normalized spacial score (nSPS) is 22.5. The number of thioether (sulfide) groups is 1. The molecule has 5 heteroatoms. The highest BCUT2D eigenvalue weighted by Gasteiger charge is 2.58. The van der Waals surface area contributed by atoms with Crippen LogP contribution in [0.3, 0.4) is 0 Å². The quantitative estimate of drug-likeness (QED) is 0.276. The molecule has 0 saturated carbocycles. The topological polar surface area (TPSA) is 37.4 Å². The van der Waals surface area contributed by atoms with E-state index in [9.17, 15) is 9.59 Å². The molecule has 0 N–H and O–H groups in total. The van der Waals surface area contributed by atoms with E-state index in [0.29, 0.717) is 16.1 Å². The Morgan fingerprint density at radius 2 is 1.26 bits per heavy atom. The number of carbonyl (C=O) groups excluding carboxylic acids is 2. The summed E-state index contributed by atoms with van der Waals surface area (Å²) in [5.74, 6) is -0.646. The molecule has 0 unspecified atom stereocenters. The van der Waals surface area contributed by atoms with Gasteiger partial charge in [0.05, 0.1) is 17.0 Å². The maximum Gasteiger partial charge on any atom is 0.185 e. The molecule has 1 fully saturated rings. The molecule has 0 amide bonds. The molecule has 6 rings (SSSR count). The summed E-state index contributed by atoms with van der Waals surface area (Å²) in [6, 6.07) is 34.0. The molecular formula is C30H22ClNO2S. The number of rotatable bonds is 5. The summed E-state index contributed by atoms with van der Waals surface area (Å²) in [5, 5.41) is 0.447. The lowest BCUT2D eigenvalue weighted by molar-refractivity contribution is 0.0900. The van der Waals surface area contributed by atoms with E-state index >= 15 is 0 Å². The summed E-state index contributed by atoms with van der Waals surface area (Å²) in [7, 11) is 0. The van der Waals surface area contributed by atoms with Crippen molar-refractivity contribution < 1.29 is 9.59 Å². The average Bonchev–Trinajstić information content (AvgIpc) is 3.44. The van der Waals surface area contributed by atoms with Crippen LogP contribution in [0.1, 0.15) is 32.2 Å². The molecule has 4 aromatic rings. The molecular weight excluding hydrogens is 474 g/mol. The summed E-state index contributed by atoms with van der Waals surface area (Å²) in [6.07, 6.45) is 0. The fraction of sp³-hybridized carbons (Fsp3) is 0.133. The number of ketones is 2. The predicted molar refractivity (Wildman–Crippen MR) is 142 cm³/mol. The van der Waals surface area contributed by atoms with Crippen LogP contribution in [0.4, 0.5) is 5.69 Å². The third kappa shape index (κ3) is 3.78. The lowest BCUT2D eigenvalue weighted by Crippen LogP contribution is -2.40. The second-order valence-corrected chi connectivity index (χ2v) is 10.5. The summed E-state index contributed by atoms with van der Waals surface area (Å²) >= 11 is 7.90.